The van der Waals surface area contributed by atoms with Crippen LogP contribution in [0.25, 0.3) is 0 Å². The summed E-state index contributed by atoms with van der Waals surface area (Å²) in [7, 11) is 0. The Hall–Kier alpha value is 0.605. The van der Waals surface area contributed by atoms with Crippen LogP contribution in [0.5, 0.6) is 0 Å². The molecular formula is C15H26BCl2N. The van der Waals surface area contributed by atoms with Gasteiger partial charge in [-0.3, -0.25) is 0 Å². The predicted molar refractivity (Wildman–Crippen MR) is 84.8 cm³/mol. The molecule has 3 aliphatic rings. The zero-order valence-electron chi connectivity index (χ0n) is 12.0. The fraction of sp³-hybridized carbons (Fsp3) is 1.00. The first-order chi connectivity index (χ1) is 9.19. The third-order valence-electron chi connectivity index (χ3n) is 6.07. The first-order valence-electron chi connectivity index (χ1n) is 8.26. The summed E-state index contributed by atoms with van der Waals surface area (Å²) in [4.78, 5) is 2.60. The highest BCUT2D eigenvalue weighted by molar-refractivity contribution is 7.32. The normalized spacial score (nSPS) is 30.6. The van der Waals surface area contributed by atoms with Crippen molar-refractivity contribution in [1.29, 1.82) is 0 Å². The second-order valence-electron chi connectivity index (χ2n) is 7.07. The molecule has 0 radical (unpaired) electrons. The van der Waals surface area contributed by atoms with Crippen LogP contribution in [0, 0.1) is 0 Å². The molecule has 0 N–H and O–H groups in total. The van der Waals surface area contributed by atoms with Gasteiger partial charge in [-0.25, -0.2) is 0 Å². The molecule has 0 bridgehead atoms. The standard InChI is InChI=1S/C15H26BCl2N/c17-16(18)19-14(8-3-1-4-9-14)12-7-13-15(19)10-5-2-6-11-15/h1-13H2. The van der Waals surface area contributed by atoms with Gasteiger partial charge in [0.15, 0.2) is 0 Å². The number of hydrogen-bond acceptors (Lipinski definition) is 1. The van der Waals surface area contributed by atoms with Crippen molar-refractivity contribution in [3.05, 3.63) is 0 Å². The van der Waals surface area contributed by atoms with E-state index in [1.807, 2.05) is 0 Å². The van der Waals surface area contributed by atoms with Gasteiger partial charge in [0.1, 0.15) is 0 Å². The number of nitrogens with zero attached hydrogens (tertiary/aromatic N) is 1. The van der Waals surface area contributed by atoms with Crippen LogP contribution in [0.3, 0.4) is 0 Å². The summed E-state index contributed by atoms with van der Waals surface area (Å²) >= 11 is 13.0. The minimum absolute atomic E-state index is 0.309. The lowest BCUT2D eigenvalue weighted by Crippen LogP contribution is -2.67. The largest absolute Gasteiger partial charge is 0.435 e. The molecule has 2 saturated carbocycles. The van der Waals surface area contributed by atoms with Crippen LogP contribution in [-0.4, -0.2) is 21.6 Å². The van der Waals surface area contributed by atoms with Crippen molar-refractivity contribution in [3.8, 4) is 0 Å². The maximum absolute atomic E-state index is 6.49. The van der Waals surface area contributed by atoms with Crippen molar-refractivity contribution in [2.75, 3.05) is 0 Å². The summed E-state index contributed by atoms with van der Waals surface area (Å²) < 4.78 is 0. The lowest BCUT2D eigenvalue weighted by Gasteiger charge is -2.61. The van der Waals surface area contributed by atoms with Crippen molar-refractivity contribution in [2.24, 2.45) is 0 Å². The Kier molecular flexibility index (Phi) is 4.42. The molecule has 2 spiro atoms. The number of halogens is 2. The fourth-order valence-electron chi connectivity index (χ4n) is 5.31. The average molecular weight is 302 g/mol. The molecule has 0 unspecified atom stereocenters. The molecule has 4 heteroatoms. The van der Waals surface area contributed by atoms with Gasteiger partial charge in [-0.15, -0.1) is 22.9 Å². The molecule has 3 rings (SSSR count). The number of rotatable bonds is 1. The lowest BCUT2D eigenvalue weighted by molar-refractivity contribution is -0.0352. The third kappa shape index (κ3) is 2.58. The van der Waals surface area contributed by atoms with Crippen LogP contribution in [0.1, 0.15) is 83.5 Å². The Bertz CT molecular complexity index is 272. The van der Waals surface area contributed by atoms with E-state index in [9.17, 15) is 0 Å². The van der Waals surface area contributed by atoms with Crippen molar-refractivity contribution in [2.45, 2.75) is 94.5 Å². The number of hydrogen-bond donors (Lipinski definition) is 0. The predicted octanol–water partition coefficient (Wildman–Crippen LogP) is 5.34. The van der Waals surface area contributed by atoms with Gasteiger partial charge in [0.25, 0.3) is 0 Å². The quantitative estimate of drug-likeness (QED) is 0.591. The van der Waals surface area contributed by atoms with E-state index < -0.39 is 0 Å². The van der Waals surface area contributed by atoms with E-state index in [-0.39, 0.29) is 5.68 Å². The van der Waals surface area contributed by atoms with Gasteiger partial charge in [-0.2, -0.15) is 0 Å². The molecule has 0 aromatic rings. The Labute approximate surface area is 128 Å². The molecule has 2 aliphatic carbocycles. The zero-order valence-corrected chi connectivity index (χ0v) is 13.5. The van der Waals surface area contributed by atoms with Crippen molar-refractivity contribution >= 4 is 28.6 Å². The highest BCUT2D eigenvalue weighted by Crippen LogP contribution is 2.52. The minimum atomic E-state index is -0.309. The molecule has 108 valence electrons. The van der Waals surface area contributed by atoms with Gasteiger partial charge in [0.05, 0.1) is 0 Å². The average Bonchev–Trinajstić information content (AvgIpc) is 2.40. The minimum Gasteiger partial charge on any atom is -0.304 e. The highest BCUT2D eigenvalue weighted by atomic mass is 35.5. The third-order valence-corrected chi connectivity index (χ3v) is 6.46. The molecule has 1 saturated heterocycles. The van der Waals surface area contributed by atoms with E-state index in [4.69, 9.17) is 22.9 Å². The second-order valence-corrected chi connectivity index (χ2v) is 8.12. The molecule has 1 heterocycles. The van der Waals surface area contributed by atoms with Gasteiger partial charge in [0.2, 0.25) is 0 Å². The Morgan fingerprint density at radius 3 is 1.32 bits per heavy atom. The smallest absolute Gasteiger partial charge is 0.304 e. The SMILES string of the molecule is ClB(Cl)N1C2(CCCCC2)CCCC12CCCCC2. The molecule has 0 aromatic carbocycles. The van der Waals surface area contributed by atoms with E-state index in [2.05, 4.69) is 4.81 Å². The van der Waals surface area contributed by atoms with E-state index in [0.717, 1.165) is 0 Å². The maximum Gasteiger partial charge on any atom is 0.435 e. The lowest BCUT2D eigenvalue weighted by atomic mass is 9.63. The summed E-state index contributed by atoms with van der Waals surface area (Å²) in [6.45, 7) is 0. The molecule has 3 fully saturated rings. The van der Waals surface area contributed by atoms with Crippen molar-refractivity contribution < 1.29 is 0 Å². The van der Waals surface area contributed by atoms with Crippen LogP contribution >= 0.6 is 22.9 Å². The second kappa shape index (κ2) is 5.77. The van der Waals surface area contributed by atoms with Crippen LogP contribution in [0.4, 0.5) is 0 Å². The Morgan fingerprint density at radius 2 is 0.947 bits per heavy atom. The molecule has 19 heavy (non-hydrogen) atoms. The molecule has 0 atom stereocenters. The van der Waals surface area contributed by atoms with Crippen LogP contribution in [-0.2, 0) is 0 Å². The first kappa shape index (κ1) is 14.5. The van der Waals surface area contributed by atoms with E-state index in [0.29, 0.717) is 11.1 Å². The molecule has 0 aromatic heterocycles. The summed E-state index contributed by atoms with van der Waals surface area (Å²) in [6.07, 6.45) is 17.6. The van der Waals surface area contributed by atoms with Crippen molar-refractivity contribution in [3.63, 3.8) is 0 Å². The highest BCUT2D eigenvalue weighted by Gasteiger charge is 2.54. The Balaban J connectivity index is 1.91. The Morgan fingerprint density at radius 1 is 0.579 bits per heavy atom. The van der Waals surface area contributed by atoms with Gasteiger partial charge in [-0.05, 0) is 44.9 Å². The van der Waals surface area contributed by atoms with E-state index in [1.54, 1.807) is 0 Å². The van der Waals surface area contributed by atoms with Crippen LogP contribution < -0.4 is 0 Å². The summed E-state index contributed by atoms with van der Waals surface area (Å²) in [6, 6.07) is 0. The van der Waals surface area contributed by atoms with Gasteiger partial charge >= 0.3 is 5.68 Å². The van der Waals surface area contributed by atoms with Crippen LogP contribution in [0.15, 0.2) is 0 Å². The molecular weight excluding hydrogens is 276 g/mol. The topological polar surface area (TPSA) is 3.24 Å². The molecule has 1 nitrogen and oxygen atoms in total. The number of piperidine rings is 1. The van der Waals surface area contributed by atoms with Gasteiger partial charge in [-0.1, -0.05) is 38.5 Å². The fourth-order valence-corrected chi connectivity index (χ4v) is 6.13. The van der Waals surface area contributed by atoms with Gasteiger partial charge < -0.3 is 4.81 Å². The molecule has 1 aliphatic heterocycles. The summed E-state index contributed by atoms with van der Waals surface area (Å²) in [5.74, 6) is 0. The van der Waals surface area contributed by atoms with E-state index >= 15 is 0 Å². The molecule has 0 amide bonds. The summed E-state index contributed by atoms with van der Waals surface area (Å²) in [5.41, 5.74) is 0.362. The monoisotopic (exact) mass is 301 g/mol. The maximum atomic E-state index is 6.49. The summed E-state index contributed by atoms with van der Waals surface area (Å²) in [5, 5.41) is 0. The first-order valence-corrected chi connectivity index (χ1v) is 9.14. The van der Waals surface area contributed by atoms with Gasteiger partial charge in [0, 0.05) is 11.1 Å². The zero-order chi connectivity index (χ0) is 13.3. The van der Waals surface area contributed by atoms with Crippen LogP contribution in [0.2, 0.25) is 0 Å². The van der Waals surface area contributed by atoms with Crippen molar-refractivity contribution in [1.82, 2.24) is 4.81 Å². The van der Waals surface area contributed by atoms with E-state index in [1.165, 1.54) is 83.5 Å².